The van der Waals surface area contributed by atoms with Gasteiger partial charge in [-0.1, -0.05) is 0 Å². The fourth-order valence-electron chi connectivity index (χ4n) is 2.69. The minimum atomic E-state index is -4.26. The Labute approximate surface area is 133 Å². The lowest BCUT2D eigenvalue weighted by Gasteiger charge is -2.31. The van der Waals surface area contributed by atoms with Crippen molar-refractivity contribution in [3.63, 3.8) is 0 Å². The smallest absolute Gasteiger partial charge is 0.322 e. The summed E-state index contributed by atoms with van der Waals surface area (Å²) in [6, 6.07) is 1.27. The van der Waals surface area contributed by atoms with Crippen LogP contribution >= 0.6 is 0 Å². The fourth-order valence-corrected chi connectivity index (χ4v) is 4.57. The van der Waals surface area contributed by atoms with E-state index in [0.717, 1.165) is 4.31 Å². The van der Waals surface area contributed by atoms with Crippen LogP contribution in [-0.4, -0.2) is 41.3 Å². The lowest BCUT2D eigenvalue weighted by Crippen LogP contribution is -2.47. The first-order chi connectivity index (χ1) is 10.7. The maximum atomic E-state index is 12.8. The average Bonchev–Trinajstić information content (AvgIpc) is 2.49. The topological polar surface area (TPSA) is 118 Å². The Morgan fingerprint density at radius 3 is 2.48 bits per heavy atom. The van der Waals surface area contributed by atoms with Crippen molar-refractivity contribution in [1.82, 2.24) is 4.31 Å². The van der Waals surface area contributed by atoms with Crippen LogP contribution in [0.3, 0.4) is 0 Å². The molecule has 0 amide bonds. The Bertz CT molecular complexity index is 759. The second-order valence-corrected chi connectivity index (χ2v) is 7.49. The molecule has 1 saturated heterocycles. The number of nitrogens with zero attached hydrogens (tertiary/aromatic N) is 2. The molecule has 1 aromatic rings. The average molecular weight is 342 g/mol. The van der Waals surface area contributed by atoms with E-state index < -0.39 is 37.5 Å². The van der Waals surface area contributed by atoms with Crippen molar-refractivity contribution < 1.29 is 23.2 Å². The summed E-state index contributed by atoms with van der Waals surface area (Å²) < 4.78 is 26.6. The first-order valence-corrected chi connectivity index (χ1v) is 8.60. The van der Waals surface area contributed by atoms with E-state index in [9.17, 15) is 28.4 Å². The van der Waals surface area contributed by atoms with Crippen molar-refractivity contribution in [1.29, 1.82) is 0 Å². The van der Waals surface area contributed by atoms with Gasteiger partial charge in [0.15, 0.2) is 4.90 Å². The molecule has 1 aromatic carbocycles. The molecule has 0 aromatic heterocycles. The molecule has 9 heteroatoms. The Kier molecular flexibility index (Phi) is 4.71. The van der Waals surface area contributed by atoms with Gasteiger partial charge in [-0.3, -0.25) is 14.9 Å². The number of aryl methyl sites for hydroxylation is 2. The third-order valence-corrected chi connectivity index (χ3v) is 6.03. The Morgan fingerprint density at radius 1 is 1.30 bits per heavy atom. The van der Waals surface area contributed by atoms with Gasteiger partial charge in [-0.2, -0.15) is 4.31 Å². The highest BCUT2D eigenvalue weighted by molar-refractivity contribution is 7.89. The minimum absolute atomic E-state index is 0.0450. The molecular formula is C14H18N2O6S. The van der Waals surface area contributed by atoms with Crippen LogP contribution in [0.1, 0.15) is 30.4 Å². The predicted octanol–water partition coefficient (Wildman–Crippen LogP) is 1.84. The summed E-state index contributed by atoms with van der Waals surface area (Å²) >= 11 is 0. The first kappa shape index (κ1) is 17.4. The van der Waals surface area contributed by atoms with E-state index in [0.29, 0.717) is 24.0 Å². The van der Waals surface area contributed by atoms with Crippen molar-refractivity contribution in [3.8, 4) is 0 Å². The number of piperidine rings is 1. The summed E-state index contributed by atoms with van der Waals surface area (Å²) in [5.41, 5.74) is 0.671. The molecule has 1 heterocycles. The molecule has 0 spiro atoms. The van der Waals surface area contributed by atoms with E-state index in [2.05, 4.69) is 0 Å². The molecule has 1 atom stereocenters. The lowest BCUT2D eigenvalue weighted by atomic mass is 10.1. The van der Waals surface area contributed by atoms with Crippen molar-refractivity contribution in [2.45, 2.75) is 44.0 Å². The summed E-state index contributed by atoms with van der Waals surface area (Å²) in [6.07, 6.45) is 1.34. The summed E-state index contributed by atoms with van der Waals surface area (Å²) in [5.74, 6) is -1.24. The molecule has 126 valence electrons. The van der Waals surface area contributed by atoms with Gasteiger partial charge >= 0.3 is 5.97 Å². The molecule has 1 aliphatic heterocycles. The van der Waals surface area contributed by atoms with Crippen LogP contribution in [0.4, 0.5) is 5.69 Å². The molecule has 8 nitrogen and oxygen atoms in total. The quantitative estimate of drug-likeness (QED) is 0.659. The van der Waals surface area contributed by atoms with Gasteiger partial charge in [-0.05, 0) is 50.3 Å². The molecule has 1 aliphatic rings. The monoisotopic (exact) mass is 342 g/mol. The van der Waals surface area contributed by atoms with Crippen LogP contribution in [0.15, 0.2) is 17.0 Å². The van der Waals surface area contributed by atoms with Gasteiger partial charge in [0, 0.05) is 12.6 Å². The number of hydrogen-bond acceptors (Lipinski definition) is 5. The van der Waals surface area contributed by atoms with E-state index in [-0.39, 0.29) is 13.0 Å². The van der Waals surface area contributed by atoms with Gasteiger partial charge < -0.3 is 5.11 Å². The van der Waals surface area contributed by atoms with Crippen LogP contribution in [-0.2, 0) is 14.8 Å². The largest absolute Gasteiger partial charge is 0.480 e. The van der Waals surface area contributed by atoms with E-state index in [4.69, 9.17) is 0 Å². The second kappa shape index (κ2) is 6.25. The van der Waals surface area contributed by atoms with E-state index in [1.54, 1.807) is 13.8 Å². The molecule has 0 bridgehead atoms. The van der Waals surface area contributed by atoms with E-state index in [1.165, 1.54) is 12.1 Å². The molecule has 0 aliphatic carbocycles. The van der Waals surface area contributed by atoms with Crippen molar-refractivity contribution in [2.24, 2.45) is 0 Å². The van der Waals surface area contributed by atoms with E-state index in [1.807, 2.05) is 0 Å². The standard InChI is InChI=1S/C14H18N2O6S/c1-9-7-12(16(19)20)13(8-10(9)2)23(21,22)15-6-4-3-5-11(15)14(17)18/h7-8,11H,3-6H2,1-2H3,(H,17,18). The lowest BCUT2D eigenvalue weighted by molar-refractivity contribution is -0.387. The normalized spacial score (nSPS) is 19.5. The fraction of sp³-hybridized carbons (Fsp3) is 0.500. The Morgan fingerprint density at radius 2 is 1.91 bits per heavy atom. The van der Waals surface area contributed by atoms with Crippen LogP contribution in [0.25, 0.3) is 0 Å². The number of hydrogen-bond donors (Lipinski definition) is 1. The van der Waals surface area contributed by atoms with Gasteiger partial charge in [0.1, 0.15) is 6.04 Å². The number of nitro benzene ring substituents is 1. The van der Waals surface area contributed by atoms with Crippen LogP contribution in [0, 0.1) is 24.0 Å². The molecular weight excluding hydrogens is 324 g/mol. The summed E-state index contributed by atoms with van der Waals surface area (Å²) in [5, 5.41) is 20.5. The maximum Gasteiger partial charge on any atom is 0.322 e. The van der Waals surface area contributed by atoms with Gasteiger partial charge in [-0.15, -0.1) is 0 Å². The van der Waals surface area contributed by atoms with Gasteiger partial charge in [-0.25, -0.2) is 8.42 Å². The van der Waals surface area contributed by atoms with Crippen LogP contribution in [0.2, 0.25) is 0 Å². The molecule has 0 radical (unpaired) electrons. The first-order valence-electron chi connectivity index (χ1n) is 7.16. The highest BCUT2D eigenvalue weighted by atomic mass is 32.2. The SMILES string of the molecule is Cc1cc([N+](=O)[O-])c(S(=O)(=O)N2CCCCC2C(=O)O)cc1C. The third kappa shape index (κ3) is 3.20. The number of rotatable bonds is 4. The Balaban J connectivity index is 2.61. The number of nitro groups is 1. The molecule has 1 unspecified atom stereocenters. The molecule has 2 rings (SSSR count). The van der Waals surface area contributed by atoms with Gasteiger partial charge in [0.25, 0.3) is 15.7 Å². The zero-order chi connectivity index (χ0) is 17.4. The van der Waals surface area contributed by atoms with Crippen molar-refractivity contribution >= 4 is 21.7 Å². The van der Waals surface area contributed by atoms with Crippen molar-refractivity contribution in [2.75, 3.05) is 6.54 Å². The number of carboxylic acids is 1. The predicted molar refractivity (Wildman–Crippen MR) is 81.7 cm³/mol. The molecule has 1 N–H and O–H groups in total. The molecule has 1 fully saturated rings. The number of carbonyl (C=O) groups is 1. The number of benzene rings is 1. The zero-order valence-electron chi connectivity index (χ0n) is 12.9. The summed E-state index contributed by atoms with van der Waals surface area (Å²) in [7, 11) is -4.26. The molecule has 23 heavy (non-hydrogen) atoms. The Hall–Kier alpha value is -2.00. The molecule has 0 saturated carbocycles. The maximum absolute atomic E-state index is 12.8. The van der Waals surface area contributed by atoms with Crippen molar-refractivity contribution in [3.05, 3.63) is 33.4 Å². The summed E-state index contributed by atoms with van der Waals surface area (Å²) in [4.78, 5) is 21.4. The summed E-state index contributed by atoms with van der Waals surface area (Å²) in [6.45, 7) is 3.35. The van der Waals surface area contributed by atoms with E-state index >= 15 is 0 Å². The zero-order valence-corrected chi connectivity index (χ0v) is 13.7. The van der Waals surface area contributed by atoms with Gasteiger partial charge in [0.2, 0.25) is 0 Å². The number of sulfonamides is 1. The minimum Gasteiger partial charge on any atom is -0.480 e. The second-order valence-electron chi connectivity index (χ2n) is 5.63. The highest BCUT2D eigenvalue weighted by Gasteiger charge is 2.40. The number of carboxylic acid groups (broad SMARTS) is 1. The highest BCUT2D eigenvalue weighted by Crippen LogP contribution is 2.32. The van der Waals surface area contributed by atoms with Gasteiger partial charge in [0.05, 0.1) is 4.92 Å². The third-order valence-electron chi connectivity index (χ3n) is 4.10. The number of aliphatic carboxylic acids is 1. The van der Waals surface area contributed by atoms with Crippen LogP contribution in [0.5, 0.6) is 0 Å². The van der Waals surface area contributed by atoms with Crippen LogP contribution < -0.4 is 0 Å².